The lowest BCUT2D eigenvalue weighted by Gasteiger charge is -2.12. The van der Waals surface area contributed by atoms with Gasteiger partial charge in [-0.05, 0) is 25.0 Å². The molecule has 0 radical (unpaired) electrons. The van der Waals surface area contributed by atoms with Crippen molar-refractivity contribution in [3.05, 3.63) is 46.1 Å². The van der Waals surface area contributed by atoms with E-state index in [0.717, 1.165) is 23.9 Å². The van der Waals surface area contributed by atoms with Gasteiger partial charge in [-0.25, -0.2) is 19.6 Å². The van der Waals surface area contributed by atoms with Crippen LogP contribution in [0.3, 0.4) is 0 Å². The van der Waals surface area contributed by atoms with Gasteiger partial charge in [-0.15, -0.1) is 0 Å². The number of hydrogen-bond acceptors (Lipinski definition) is 6. The number of nitrogens with one attached hydrogen (secondary N) is 1. The van der Waals surface area contributed by atoms with Gasteiger partial charge in [-0.1, -0.05) is 30.5 Å². The highest BCUT2D eigenvalue weighted by Gasteiger charge is 2.23. The minimum Gasteiger partial charge on any atom is -0.453 e. The fraction of sp³-hybridized carbons (Fsp3) is 0.368. The van der Waals surface area contributed by atoms with Crippen molar-refractivity contribution >= 4 is 40.4 Å². The maximum atomic E-state index is 12.6. The Labute approximate surface area is 172 Å². The molecular formula is C19H23ClN6O3. The van der Waals surface area contributed by atoms with Crippen molar-refractivity contribution in [2.45, 2.75) is 31.7 Å². The molecular weight excluding hydrogens is 396 g/mol. The Hall–Kier alpha value is -3.07. The maximum Gasteiger partial charge on any atom is 0.404 e. The number of fused-ring (bicyclic) bond motifs is 1. The molecule has 10 heteroatoms. The van der Waals surface area contributed by atoms with Crippen molar-refractivity contribution in [1.29, 1.82) is 0 Å². The van der Waals surface area contributed by atoms with Crippen LogP contribution in [0, 0.1) is 0 Å². The molecule has 3 heterocycles. The summed E-state index contributed by atoms with van der Waals surface area (Å²) >= 11 is 5.92. The molecule has 29 heavy (non-hydrogen) atoms. The molecule has 0 aromatic carbocycles. The van der Waals surface area contributed by atoms with E-state index in [4.69, 9.17) is 11.6 Å². The molecule has 0 saturated heterocycles. The number of imidazole rings is 1. The Bertz CT molecular complexity index is 1070. The summed E-state index contributed by atoms with van der Waals surface area (Å²) in [6.07, 6.45) is 5.45. The van der Waals surface area contributed by atoms with Crippen LogP contribution in [0.25, 0.3) is 11.0 Å². The molecule has 0 atom stereocenters. The average molecular weight is 419 g/mol. The molecule has 3 N–H and O–H groups in total. The fourth-order valence-electron chi connectivity index (χ4n) is 3.45. The third-order valence-electron chi connectivity index (χ3n) is 4.84. The van der Waals surface area contributed by atoms with Crippen molar-refractivity contribution in [1.82, 2.24) is 19.1 Å². The molecule has 4 rings (SSSR count). The number of nitrogens with zero attached hydrogens (tertiary/aromatic N) is 4. The summed E-state index contributed by atoms with van der Waals surface area (Å²) in [5.74, 6) is 1.27. The standard InChI is InChI=1S/C17H18ClN5O.C2H5NO2/c1-22-13-10-19-16(21-15-8-4-7-14(18)20-15)9-12(13)23(17(22)24)11-5-2-3-6-11;1-5-2(3)4/h4,7-11H,2-3,5-6H2,1H3,(H,19,20,21);1H3,(H2,3,4). The van der Waals surface area contributed by atoms with Crippen LogP contribution in [-0.4, -0.2) is 32.3 Å². The molecule has 1 aliphatic rings. The molecule has 0 spiro atoms. The summed E-state index contributed by atoms with van der Waals surface area (Å²) in [5.41, 5.74) is 6.21. The van der Waals surface area contributed by atoms with Gasteiger partial charge in [-0.3, -0.25) is 9.13 Å². The van der Waals surface area contributed by atoms with Crippen LogP contribution in [0.2, 0.25) is 5.15 Å². The summed E-state index contributed by atoms with van der Waals surface area (Å²) in [6, 6.07) is 7.57. The predicted molar refractivity (Wildman–Crippen MR) is 112 cm³/mol. The van der Waals surface area contributed by atoms with E-state index in [9.17, 15) is 9.59 Å². The van der Waals surface area contributed by atoms with Crippen molar-refractivity contribution in [3.8, 4) is 0 Å². The number of hydrogen-bond donors (Lipinski definition) is 2. The fourth-order valence-corrected chi connectivity index (χ4v) is 3.61. The van der Waals surface area contributed by atoms with Gasteiger partial charge in [0.2, 0.25) is 0 Å². The number of aromatic nitrogens is 4. The number of rotatable bonds is 3. The number of carbonyl (C=O) groups excluding carboxylic acids is 1. The van der Waals surface area contributed by atoms with Crippen LogP contribution >= 0.6 is 11.6 Å². The average Bonchev–Trinajstić information content (AvgIpc) is 3.30. The first-order valence-corrected chi connectivity index (χ1v) is 9.58. The number of amides is 1. The van der Waals surface area contributed by atoms with E-state index >= 15 is 0 Å². The lowest BCUT2D eigenvalue weighted by Crippen LogP contribution is -2.24. The van der Waals surface area contributed by atoms with Gasteiger partial charge in [0, 0.05) is 19.2 Å². The molecule has 3 aromatic rings. The zero-order valence-corrected chi connectivity index (χ0v) is 17.0. The number of halogens is 1. The van der Waals surface area contributed by atoms with Crippen LogP contribution in [0.4, 0.5) is 16.4 Å². The van der Waals surface area contributed by atoms with Crippen LogP contribution in [0.1, 0.15) is 31.7 Å². The Kier molecular flexibility index (Phi) is 6.38. The maximum absolute atomic E-state index is 12.6. The molecule has 3 aromatic heterocycles. The molecule has 0 bridgehead atoms. The quantitative estimate of drug-likeness (QED) is 0.630. The van der Waals surface area contributed by atoms with Gasteiger partial charge in [-0.2, -0.15) is 0 Å². The third-order valence-corrected chi connectivity index (χ3v) is 5.05. The molecule has 154 valence electrons. The molecule has 0 aliphatic heterocycles. The Balaban J connectivity index is 0.000000431. The van der Waals surface area contributed by atoms with Gasteiger partial charge in [0.25, 0.3) is 0 Å². The van der Waals surface area contributed by atoms with Gasteiger partial charge >= 0.3 is 11.8 Å². The van der Waals surface area contributed by atoms with Crippen molar-refractivity contribution in [3.63, 3.8) is 0 Å². The zero-order valence-electron chi connectivity index (χ0n) is 16.3. The normalized spacial score (nSPS) is 13.8. The highest BCUT2D eigenvalue weighted by molar-refractivity contribution is 6.29. The van der Waals surface area contributed by atoms with E-state index in [1.807, 2.05) is 22.8 Å². The van der Waals surface area contributed by atoms with E-state index in [-0.39, 0.29) is 11.7 Å². The molecule has 1 amide bonds. The number of carbonyl (C=O) groups is 1. The molecule has 1 aliphatic carbocycles. The van der Waals surface area contributed by atoms with E-state index in [0.29, 0.717) is 16.8 Å². The number of methoxy groups -OCH3 is 1. The summed E-state index contributed by atoms with van der Waals surface area (Å²) in [4.78, 5) is 30.6. The lowest BCUT2D eigenvalue weighted by atomic mass is 10.2. The second-order valence-corrected chi connectivity index (χ2v) is 7.09. The van der Waals surface area contributed by atoms with Crippen LogP contribution < -0.4 is 16.7 Å². The lowest BCUT2D eigenvalue weighted by molar-refractivity contribution is 0.182. The van der Waals surface area contributed by atoms with Crippen molar-refractivity contribution < 1.29 is 9.53 Å². The largest absolute Gasteiger partial charge is 0.453 e. The van der Waals surface area contributed by atoms with E-state index in [1.54, 1.807) is 23.9 Å². The first-order chi connectivity index (χ1) is 13.9. The van der Waals surface area contributed by atoms with Crippen LogP contribution in [0.15, 0.2) is 35.3 Å². The second kappa shape index (κ2) is 8.95. The number of ether oxygens (including phenoxy) is 1. The van der Waals surface area contributed by atoms with E-state index in [1.165, 1.54) is 20.0 Å². The minimum absolute atomic E-state index is 0.0248. The van der Waals surface area contributed by atoms with E-state index < -0.39 is 6.09 Å². The second-order valence-electron chi connectivity index (χ2n) is 6.70. The Morgan fingerprint density at radius 2 is 1.97 bits per heavy atom. The van der Waals surface area contributed by atoms with Crippen LogP contribution in [-0.2, 0) is 11.8 Å². The van der Waals surface area contributed by atoms with Gasteiger partial charge in [0.15, 0.2) is 0 Å². The van der Waals surface area contributed by atoms with Crippen molar-refractivity contribution in [2.75, 3.05) is 12.4 Å². The highest BCUT2D eigenvalue weighted by Crippen LogP contribution is 2.31. The molecule has 9 nitrogen and oxygen atoms in total. The summed E-state index contributed by atoms with van der Waals surface area (Å²) < 4.78 is 7.47. The number of anilines is 2. The molecule has 0 unspecified atom stereocenters. The number of pyridine rings is 2. The van der Waals surface area contributed by atoms with Gasteiger partial charge in [0.05, 0.1) is 24.3 Å². The topological polar surface area (TPSA) is 117 Å². The van der Waals surface area contributed by atoms with Gasteiger partial charge in [0.1, 0.15) is 16.8 Å². The SMILES string of the molecule is COC(N)=O.Cn1c(=O)n(C2CCCC2)c2cc(Nc3cccc(Cl)n3)ncc21. The Morgan fingerprint density at radius 1 is 1.28 bits per heavy atom. The summed E-state index contributed by atoms with van der Waals surface area (Å²) in [6.45, 7) is 0. The van der Waals surface area contributed by atoms with Gasteiger partial charge < -0.3 is 15.8 Å². The minimum atomic E-state index is -0.745. The first-order valence-electron chi connectivity index (χ1n) is 9.20. The van der Waals surface area contributed by atoms with Crippen molar-refractivity contribution in [2.24, 2.45) is 12.8 Å². The number of primary amides is 1. The third kappa shape index (κ3) is 4.68. The highest BCUT2D eigenvalue weighted by atomic mass is 35.5. The van der Waals surface area contributed by atoms with Crippen LogP contribution in [0.5, 0.6) is 0 Å². The monoisotopic (exact) mass is 418 g/mol. The van der Waals surface area contributed by atoms with E-state index in [2.05, 4.69) is 25.8 Å². The predicted octanol–water partition coefficient (Wildman–Crippen LogP) is 3.35. The number of aryl methyl sites for hydroxylation is 1. The summed E-state index contributed by atoms with van der Waals surface area (Å²) in [5, 5.41) is 3.57. The summed E-state index contributed by atoms with van der Waals surface area (Å²) in [7, 11) is 3.02. The first kappa shape index (κ1) is 20.7. The Morgan fingerprint density at radius 3 is 2.59 bits per heavy atom. The zero-order chi connectivity index (χ0) is 21.0. The smallest absolute Gasteiger partial charge is 0.404 e. The number of nitrogens with two attached hydrogens (primary N) is 1. The molecule has 1 fully saturated rings. The molecule has 1 saturated carbocycles.